The minimum atomic E-state index is -0.162. The van der Waals surface area contributed by atoms with E-state index in [1.165, 1.54) is 51.7 Å². The molecule has 0 aromatic heterocycles. The number of amides is 1. The van der Waals surface area contributed by atoms with Gasteiger partial charge in [0.05, 0.1) is 0 Å². The molecule has 1 saturated heterocycles. The van der Waals surface area contributed by atoms with Gasteiger partial charge >= 0.3 is 0 Å². The highest BCUT2D eigenvalue weighted by atomic mass is 16.1. The molecule has 0 spiro atoms. The maximum absolute atomic E-state index is 10.6. The number of likely N-dealkylation sites (tertiary alicyclic amines) is 1. The molecule has 1 aliphatic rings. The summed E-state index contributed by atoms with van der Waals surface area (Å²) < 4.78 is 0. The molecule has 1 heterocycles. The van der Waals surface area contributed by atoms with Crippen molar-refractivity contribution in [2.45, 2.75) is 65.2 Å². The number of piperidine rings is 1. The van der Waals surface area contributed by atoms with Gasteiger partial charge < -0.3 is 10.6 Å². The van der Waals surface area contributed by atoms with Crippen molar-refractivity contribution in [1.29, 1.82) is 0 Å². The fraction of sp³-hybridized carbons (Fsp3) is 0.933. The van der Waals surface area contributed by atoms with E-state index in [0.29, 0.717) is 11.8 Å². The molecular formula is C15H30N2O. The van der Waals surface area contributed by atoms with Crippen LogP contribution in [-0.2, 0) is 4.79 Å². The van der Waals surface area contributed by atoms with Gasteiger partial charge in [0.25, 0.3) is 0 Å². The lowest BCUT2D eigenvalue weighted by molar-refractivity contribution is -0.118. The minimum absolute atomic E-state index is 0.162. The zero-order valence-electron chi connectivity index (χ0n) is 12.2. The van der Waals surface area contributed by atoms with Crippen LogP contribution in [0, 0.1) is 5.41 Å². The zero-order valence-corrected chi connectivity index (χ0v) is 12.2. The fourth-order valence-electron chi connectivity index (χ4n) is 2.90. The summed E-state index contributed by atoms with van der Waals surface area (Å²) in [6.45, 7) is 8.55. The first kappa shape index (κ1) is 15.5. The number of rotatable bonds is 8. The third kappa shape index (κ3) is 7.00. The Labute approximate surface area is 112 Å². The third-order valence-electron chi connectivity index (χ3n) is 3.88. The van der Waals surface area contributed by atoms with E-state index in [0.717, 1.165) is 12.8 Å². The molecule has 0 bridgehead atoms. The Kier molecular flexibility index (Phi) is 6.69. The van der Waals surface area contributed by atoms with Crippen LogP contribution < -0.4 is 5.73 Å². The van der Waals surface area contributed by atoms with Crippen LogP contribution in [0.3, 0.4) is 0 Å². The van der Waals surface area contributed by atoms with Gasteiger partial charge in [0.15, 0.2) is 0 Å². The van der Waals surface area contributed by atoms with Crippen molar-refractivity contribution in [3.05, 3.63) is 0 Å². The van der Waals surface area contributed by atoms with Crippen molar-refractivity contribution in [1.82, 2.24) is 4.90 Å². The van der Waals surface area contributed by atoms with Crippen molar-refractivity contribution < 1.29 is 4.79 Å². The van der Waals surface area contributed by atoms with Gasteiger partial charge in [-0.25, -0.2) is 0 Å². The maximum Gasteiger partial charge on any atom is 0.217 e. The minimum Gasteiger partial charge on any atom is -0.370 e. The Morgan fingerprint density at radius 3 is 2.50 bits per heavy atom. The Bertz CT molecular complexity index is 251. The summed E-state index contributed by atoms with van der Waals surface area (Å²) in [4.78, 5) is 13.2. The number of hydrogen-bond donors (Lipinski definition) is 1. The van der Waals surface area contributed by atoms with E-state index in [9.17, 15) is 4.79 Å². The lowest BCUT2D eigenvalue weighted by Gasteiger charge is -2.38. The highest BCUT2D eigenvalue weighted by Crippen LogP contribution is 2.28. The molecule has 1 fully saturated rings. The molecule has 106 valence electrons. The molecule has 1 aliphatic heterocycles. The van der Waals surface area contributed by atoms with Crippen LogP contribution in [0.15, 0.2) is 0 Å². The van der Waals surface area contributed by atoms with E-state index in [2.05, 4.69) is 18.7 Å². The standard InChI is InChI=1S/C15H30N2O/c1-15(2)10-8-12-17(13-15)11-7-5-3-4-6-9-14(16)18/h3-13H2,1-2H3,(H2,16,18). The highest BCUT2D eigenvalue weighted by Gasteiger charge is 2.25. The number of nitrogens with zero attached hydrogens (tertiary/aromatic N) is 1. The average molecular weight is 254 g/mol. The van der Waals surface area contributed by atoms with Gasteiger partial charge in [-0.15, -0.1) is 0 Å². The van der Waals surface area contributed by atoms with E-state index < -0.39 is 0 Å². The smallest absolute Gasteiger partial charge is 0.217 e. The van der Waals surface area contributed by atoms with Crippen LogP contribution >= 0.6 is 0 Å². The summed E-state index contributed by atoms with van der Waals surface area (Å²) in [5.41, 5.74) is 5.62. The van der Waals surface area contributed by atoms with E-state index in [1.54, 1.807) is 0 Å². The molecule has 0 saturated carbocycles. The van der Waals surface area contributed by atoms with E-state index in [-0.39, 0.29) is 5.91 Å². The summed E-state index contributed by atoms with van der Waals surface area (Å²) in [5.74, 6) is -0.162. The molecule has 3 heteroatoms. The molecule has 0 radical (unpaired) electrons. The first-order valence-electron chi connectivity index (χ1n) is 7.50. The SMILES string of the molecule is CC1(C)CCCN(CCCCCCCC(N)=O)C1. The second-order valence-corrected chi connectivity index (χ2v) is 6.53. The second-order valence-electron chi connectivity index (χ2n) is 6.53. The van der Waals surface area contributed by atoms with E-state index >= 15 is 0 Å². The molecule has 0 aromatic carbocycles. The first-order valence-corrected chi connectivity index (χ1v) is 7.50. The topological polar surface area (TPSA) is 46.3 Å². The Morgan fingerprint density at radius 2 is 1.83 bits per heavy atom. The molecular weight excluding hydrogens is 224 g/mol. The lowest BCUT2D eigenvalue weighted by atomic mass is 9.84. The van der Waals surface area contributed by atoms with Gasteiger partial charge in [-0.3, -0.25) is 4.79 Å². The van der Waals surface area contributed by atoms with Gasteiger partial charge in [-0.05, 0) is 44.2 Å². The van der Waals surface area contributed by atoms with Crippen LogP contribution in [0.2, 0.25) is 0 Å². The van der Waals surface area contributed by atoms with Crippen LogP contribution in [0.5, 0.6) is 0 Å². The number of unbranched alkanes of at least 4 members (excludes halogenated alkanes) is 4. The zero-order chi connectivity index (χ0) is 13.4. The fourth-order valence-corrected chi connectivity index (χ4v) is 2.90. The monoisotopic (exact) mass is 254 g/mol. The van der Waals surface area contributed by atoms with Crippen LogP contribution in [0.25, 0.3) is 0 Å². The van der Waals surface area contributed by atoms with Crippen molar-refractivity contribution >= 4 is 5.91 Å². The first-order chi connectivity index (χ1) is 8.49. The molecule has 0 aliphatic carbocycles. The Hall–Kier alpha value is -0.570. The van der Waals surface area contributed by atoms with Gasteiger partial charge in [0.2, 0.25) is 5.91 Å². The predicted octanol–water partition coefficient (Wildman–Crippen LogP) is 2.93. The molecule has 18 heavy (non-hydrogen) atoms. The van der Waals surface area contributed by atoms with Gasteiger partial charge in [0, 0.05) is 13.0 Å². The quantitative estimate of drug-likeness (QED) is 0.677. The number of hydrogen-bond acceptors (Lipinski definition) is 2. The second kappa shape index (κ2) is 7.78. The molecule has 0 atom stereocenters. The molecule has 0 unspecified atom stereocenters. The van der Waals surface area contributed by atoms with Gasteiger partial charge in [-0.1, -0.05) is 33.1 Å². The summed E-state index contributed by atoms with van der Waals surface area (Å²) >= 11 is 0. The molecule has 1 rings (SSSR count). The van der Waals surface area contributed by atoms with Crippen LogP contribution in [0.1, 0.15) is 65.2 Å². The van der Waals surface area contributed by atoms with Gasteiger partial charge in [-0.2, -0.15) is 0 Å². The number of carbonyl (C=O) groups is 1. The number of carbonyl (C=O) groups excluding carboxylic acids is 1. The van der Waals surface area contributed by atoms with Gasteiger partial charge in [0.1, 0.15) is 0 Å². The predicted molar refractivity (Wildman–Crippen MR) is 76.4 cm³/mol. The molecule has 2 N–H and O–H groups in total. The van der Waals surface area contributed by atoms with Crippen LogP contribution in [-0.4, -0.2) is 30.4 Å². The molecule has 0 aromatic rings. The Morgan fingerprint density at radius 1 is 1.17 bits per heavy atom. The van der Waals surface area contributed by atoms with E-state index in [1.807, 2.05) is 0 Å². The van der Waals surface area contributed by atoms with Crippen molar-refractivity contribution in [3.63, 3.8) is 0 Å². The lowest BCUT2D eigenvalue weighted by Crippen LogP contribution is -2.40. The summed E-state index contributed by atoms with van der Waals surface area (Å²) in [6, 6.07) is 0. The van der Waals surface area contributed by atoms with Crippen LogP contribution in [0.4, 0.5) is 0 Å². The normalized spacial score (nSPS) is 19.9. The Balaban J connectivity index is 1.96. The summed E-state index contributed by atoms with van der Waals surface area (Å²) in [5, 5.41) is 0. The number of primary amides is 1. The largest absolute Gasteiger partial charge is 0.370 e. The molecule has 1 amide bonds. The summed E-state index contributed by atoms with van der Waals surface area (Å²) in [6.07, 6.45) is 9.22. The van der Waals surface area contributed by atoms with Crippen molar-refractivity contribution in [3.8, 4) is 0 Å². The van der Waals surface area contributed by atoms with Crippen molar-refractivity contribution in [2.24, 2.45) is 11.1 Å². The third-order valence-corrected chi connectivity index (χ3v) is 3.88. The summed E-state index contributed by atoms with van der Waals surface area (Å²) in [7, 11) is 0. The van der Waals surface area contributed by atoms with E-state index in [4.69, 9.17) is 5.73 Å². The highest BCUT2D eigenvalue weighted by molar-refractivity contribution is 5.73. The maximum atomic E-state index is 10.6. The number of nitrogens with two attached hydrogens (primary N) is 1. The average Bonchev–Trinajstić information content (AvgIpc) is 2.26. The molecule has 3 nitrogen and oxygen atoms in total. The van der Waals surface area contributed by atoms with Crippen molar-refractivity contribution in [2.75, 3.05) is 19.6 Å².